The fourth-order valence-corrected chi connectivity index (χ4v) is 4.27. The minimum atomic E-state index is 0.0896. The van der Waals surface area contributed by atoms with E-state index >= 15 is 0 Å². The standard InChI is InChI=1S/C18H31N3O2/c1-14-6-2-3-7-16(14)19-17(22)15-8-12-21(13-9-15)18(23)20-10-4-5-11-20/h14-16H,2-13H2,1H3,(H,19,22)/t14-,16-/m0/s1. The molecule has 0 aromatic rings. The summed E-state index contributed by atoms with van der Waals surface area (Å²) in [5, 5.41) is 3.28. The van der Waals surface area contributed by atoms with Gasteiger partial charge in [-0.15, -0.1) is 0 Å². The zero-order valence-electron chi connectivity index (χ0n) is 14.4. The molecule has 5 heteroatoms. The number of hydrogen-bond acceptors (Lipinski definition) is 2. The molecule has 2 saturated heterocycles. The third-order valence-electron chi connectivity index (χ3n) is 5.95. The number of piperidine rings is 1. The van der Waals surface area contributed by atoms with Crippen LogP contribution < -0.4 is 5.32 Å². The molecule has 2 atom stereocenters. The molecule has 3 fully saturated rings. The Labute approximate surface area is 139 Å². The predicted molar refractivity (Wildman–Crippen MR) is 90.1 cm³/mol. The van der Waals surface area contributed by atoms with Crippen LogP contribution in [-0.2, 0) is 4.79 Å². The second-order valence-electron chi connectivity index (χ2n) is 7.61. The van der Waals surface area contributed by atoms with Gasteiger partial charge < -0.3 is 15.1 Å². The predicted octanol–water partition coefficient (Wildman–Crippen LogP) is 2.61. The van der Waals surface area contributed by atoms with E-state index in [1.807, 2.05) is 9.80 Å². The second kappa shape index (κ2) is 7.54. The van der Waals surface area contributed by atoms with Gasteiger partial charge >= 0.3 is 6.03 Å². The summed E-state index contributed by atoms with van der Waals surface area (Å²) in [5.74, 6) is 0.910. The van der Waals surface area contributed by atoms with E-state index in [0.29, 0.717) is 12.0 Å². The maximum atomic E-state index is 12.5. The number of carbonyl (C=O) groups excluding carboxylic acids is 2. The summed E-state index contributed by atoms with van der Waals surface area (Å²) in [6.07, 6.45) is 8.77. The average molecular weight is 321 g/mol. The smallest absolute Gasteiger partial charge is 0.319 e. The Kier molecular flexibility index (Phi) is 5.44. The third kappa shape index (κ3) is 3.99. The van der Waals surface area contributed by atoms with Crippen molar-refractivity contribution in [2.45, 2.75) is 64.3 Å². The zero-order chi connectivity index (χ0) is 16.2. The van der Waals surface area contributed by atoms with Crippen molar-refractivity contribution in [2.24, 2.45) is 11.8 Å². The summed E-state index contributed by atoms with van der Waals surface area (Å²) in [6, 6.07) is 0.544. The molecule has 0 bridgehead atoms. The first-order chi connectivity index (χ1) is 11.1. The lowest BCUT2D eigenvalue weighted by atomic mass is 9.85. The highest BCUT2D eigenvalue weighted by Gasteiger charge is 2.32. The lowest BCUT2D eigenvalue weighted by molar-refractivity contribution is -0.127. The highest BCUT2D eigenvalue weighted by molar-refractivity contribution is 5.80. The van der Waals surface area contributed by atoms with Crippen LogP contribution in [0, 0.1) is 11.8 Å². The van der Waals surface area contributed by atoms with Gasteiger partial charge in [0.15, 0.2) is 0 Å². The van der Waals surface area contributed by atoms with Crippen LogP contribution in [0.3, 0.4) is 0 Å². The molecule has 0 spiro atoms. The van der Waals surface area contributed by atoms with Gasteiger partial charge in [0, 0.05) is 38.1 Å². The number of hydrogen-bond donors (Lipinski definition) is 1. The van der Waals surface area contributed by atoms with E-state index in [0.717, 1.165) is 58.3 Å². The number of urea groups is 1. The number of nitrogens with zero attached hydrogens (tertiary/aromatic N) is 2. The first kappa shape index (κ1) is 16.6. The van der Waals surface area contributed by atoms with Gasteiger partial charge in [0.1, 0.15) is 0 Å². The highest BCUT2D eigenvalue weighted by Crippen LogP contribution is 2.25. The molecule has 1 saturated carbocycles. The van der Waals surface area contributed by atoms with E-state index in [-0.39, 0.29) is 17.9 Å². The molecule has 3 amide bonds. The Bertz CT molecular complexity index is 426. The molecule has 0 unspecified atom stereocenters. The summed E-state index contributed by atoms with van der Waals surface area (Å²) >= 11 is 0. The molecule has 3 rings (SSSR count). The van der Waals surface area contributed by atoms with E-state index in [4.69, 9.17) is 0 Å². The second-order valence-corrected chi connectivity index (χ2v) is 7.61. The minimum Gasteiger partial charge on any atom is -0.353 e. The van der Waals surface area contributed by atoms with Crippen LogP contribution in [0.5, 0.6) is 0 Å². The molecule has 2 aliphatic heterocycles. The molecule has 0 radical (unpaired) electrons. The van der Waals surface area contributed by atoms with Gasteiger partial charge in [-0.1, -0.05) is 19.8 Å². The fourth-order valence-electron chi connectivity index (χ4n) is 4.27. The maximum absolute atomic E-state index is 12.5. The van der Waals surface area contributed by atoms with E-state index in [2.05, 4.69) is 12.2 Å². The van der Waals surface area contributed by atoms with Crippen molar-refractivity contribution in [1.29, 1.82) is 0 Å². The Morgan fingerprint density at radius 3 is 2.09 bits per heavy atom. The van der Waals surface area contributed by atoms with Crippen LogP contribution in [0.15, 0.2) is 0 Å². The summed E-state index contributed by atoms with van der Waals surface area (Å²) < 4.78 is 0. The molecule has 2 heterocycles. The van der Waals surface area contributed by atoms with Crippen LogP contribution in [-0.4, -0.2) is 54.0 Å². The zero-order valence-corrected chi connectivity index (χ0v) is 14.4. The number of amides is 3. The number of likely N-dealkylation sites (tertiary alicyclic amines) is 2. The number of nitrogens with one attached hydrogen (secondary N) is 1. The lowest BCUT2D eigenvalue weighted by Crippen LogP contribution is -2.49. The molecule has 23 heavy (non-hydrogen) atoms. The molecule has 0 aromatic carbocycles. The Hall–Kier alpha value is -1.26. The van der Waals surface area contributed by atoms with E-state index < -0.39 is 0 Å². The van der Waals surface area contributed by atoms with Crippen LogP contribution in [0.1, 0.15) is 58.3 Å². The first-order valence-corrected chi connectivity index (χ1v) is 9.49. The molecule has 1 aliphatic carbocycles. The molecule has 1 N–H and O–H groups in total. The van der Waals surface area contributed by atoms with Gasteiger partial charge in [0.25, 0.3) is 0 Å². The van der Waals surface area contributed by atoms with Crippen molar-refractivity contribution >= 4 is 11.9 Å². The third-order valence-corrected chi connectivity index (χ3v) is 5.95. The van der Waals surface area contributed by atoms with Crippen molar-refractivity contribution < 1.29 is 9.59 Å². The molecule has 0 aromatic heterocycles. The maximum Gasteiger partial charge on any atom is 0.319 e. The van der Waals surface area contributed by atoms with Crippen LogP contribution >= 0.6 is 0 Å². The first-order valence-electron chi connectivity index (χ1n) is 9.49. The van der Waals surface area contributed by atoms with E-state index in [9.17, 15) is 9.59 Å². The molecule has 5 nitrogen and oxygen atoms in total. The topological polar surface area (TPSA) is 52.7 Å². The monoisotopic (exact) mass is 321 g/mol. The van der Waals surface area contributed by atoms with Crippen molar-refractivity contribution in [2.75, 3.05) is 26.2 Å². The van der Waals surface area contributed by atoms with E-state index in [1.54, 1.807) is 0 Å². The Balaban J connectivity index is 1.44. The largest absolute Gasteiger partial charge is 0.353 e. The van der Waals surface area contributed by atoms with Crippen LogP contribution in [0.25, 0.3) is 0 Å². The normalized spacial score (nSPS) is 29.6. The van der Waals surface area contributed by atoms with Gasteiger partial charge in [0.2, 0.25) is 5.91 Å². The average Bonchev–Trinajstić information content (AvgIpc) is 3.11. The summed E-state index contributed by atoms with van der Waals surface area (Å²) in [5.41, 5.74) is 0. The van der Waals surface area contributed by atoms with Crippen LogP contribution in [0.2, 0.25) is 0 Å². The molecule has 3 aliphatic rings. The van der Waals surface area contributed by atoms with Crippen molar-refractivity contribution in [1.82, 2.24) is 15.1 Å². The quantitative estimate of drug-likeness (QED) is 0.850. The van der Waals surface area contributed by atoms with E-state index in [1.165, 1.54) is 19.3 Å². The minimum absolute atomic E-state index is 0.0896. The lowest BCUT2D eigenvalue weighted by Gasteiger charge is -2.35. The molecular weight excluding hydrogens is 290 g/mol. The van der Waals surface area contributed by atoms with Crippen molar-refractivity contribution in [3.8, 4) is 0 Å². The summed E-state index contributed by atoms with van der Waals surface area (Å²) in [6.45, 7) is 5.51. The highest BCUT2D eigenvalue weighted by atomic mass is 16.2. The van der Waals surface area contributed by atoms with Crippen LogP contribution in [0.4, 0.5) is 4.79 Å². The van der Waals surface area contributed by atoms with Crippen molar-refractivity contribution in [3.63, 3.8) is 0 Å². The summed E-state index contributed by atoms with van der Waals surface area (Å²) in [4.78, 5) is 28.8. The van der Waals surface area contributed by atoms with Crippen molar-refractivity contribution in [3.05, 3.63) is 0 Å². The number of rotatable bonds is 2. The molecule has 130 valence electrons. The fraction of sp³-hybridized carbons (Fsp3) is 0.889. The van der Waals surface area contributed by atoms with Gasteiger partial charge in [-0.3, -0.25) is 4.79 Å². The van der Waals surface area contributed by atoms with Gasteiger partial charge in [-0.2, -0.15) is 0 Å². The SMILES string of the molecule is C[C@H]1CCCC[C@@H]1NC(=O)C1CCN(C(=O)N2CCCC2)CC1. The van der Waals surface area contributed by atoms with Gasteiger partial charge in [-0.25, -0.2) is 4.79 Å². The Morgan fingerprint density at radius 2 is 1.43 bits per heavy atom. The Morgan fingerprint density at radius 1 is 0.826 bits per heavy atom. The summed E-state index contributed by atoms with van der Waals surface area (Å²) in [7, 11) is 0. The van der Waals surface area contributed by atoms with Gasteiger partial charge in [0.05, 0.1) is 0 Å². The molecular formula is C18H31N3O2. The van der Waals surface area contributed by atoms with Gasteiger partial charge in [-0.05, 0) is 44.4 Å². The number of carbonyl (C=O) groups is 2.